The van der Waals surface area contributed by atoms with Crippen LogP contribution in [0.5, 0.6) is 0 Å². The number of fused-ring (bicyclic) bond motifs is 1. The molecule has 0 saturated carbocycles. The molecule has 3 N–H and O–H groups in total. The number of carbonyl (C=O) groups excluding carboxylic acids is 3. The Hall–Kier alpha value is -3.20. The molecule has 0 saturated heterocycles. The second-order valence-electron chi connectivity index (χ2n) is 5.34. The quantitative estimate of drug-likeness (QED) is 0.461. The third-order valence-electron chi connectivity index (χ3n) is 3.43. The highest BCUT2D eigenvalue weighted by Gasteiger charge is 2.14. The van der Waals surface area contributed by atoms with Crippen molar-refractivity contribution < 1.29 is 18.8 Å². The van der Waals surface area contributed by atoms with Crippen LogP contribution in [0.4, 0.5) is 0 Å². The number of nitrogens with zero attached hydrogens (tertiary/aromatic N) is 1. The van der Waals surface area contributed by atoms with Gasteiger partial charge in [0, 0.05) is 12.8 Å². The standard InChI is InChI=1S/C17H16N4O4S/c22-14(7-8-15-19-12-5-1-2-6-13(12)26-15)20-21-17(24)16(23)18-10-11-4-3-9-25-11/h1-6,9H,7-8,10H2,(H,18,23)(H,20,22)(H,21,24). The topological polar surface area (TPSA) is 113 Å². The Kier molecular flexibility index (Phi) is 5.59. The van der Waals surface area contributed by atoms with E-state index in [0.29, 0.717) is 12.2 Å². The predicted octanol–water partition coefficient (Wildman–Crippen LogP) is 1.29. The number of hydrogen-bond donors (Lipinski definition) is 3. The van der Waals surface area contributed by atoms with Crippen LogP contribution in [-0.2, 0) is 27.3 Å². The van der Waals surface area contributed by atoms with Crippen LogP contribution in [0.1, 0.15) is 17.2 Å². The Balaban J connectivity index is 1.38. The van der Waals surface area contributed by atoms with Crippen LogP contribution in [0.2, 0.25) is 0 Å². The van der Waals surface area contributed by atoms with Crippen molar-refractivity contribution in [2.45, 2.75) is 19.4 Å². The SMILES string of the molecule is O=C(CCc1nc2ccccc2s1)NNC(=O)C(=O)NCc1ccco1. The maximum atomic E-state index is 11.8. The second-order valence-corrected chi connectivity index (χ2v) is 6.45. The Morgan fingerprint density at radius 2 is 1.88 bits per heavy atom. The summed E-state index contributed by atoms with van der Waals surface area (Å²) in [5, 5.41) is 3.21. The van der Waals surface area contributed by atoms with Gasteiger partial charge in [0.2, 0.25) is 5.91 Å². The van der Waals surface area contributed by atoms with Crippen LogP contribution >= 0.6 is 11.3 Å². The Morgan fingerprint density at radius 1 is 1.04 bits per heavy atom. The third kappa shape index (κ3) is 4.67. The number of para-hydroxylation sites is 1. The van der Waals surface area contributed by atoms with E-state index in [-0.39, 0.29) is 13.0 Å². The van der Waals surface area contributed by atoms with E-state index in [0.717, 1.165) is 15.2 Å². The number of aromatic nitrogens is 1. The molecule has 2 aromatic heterocycles. The number of benzene rings is 1. The fourth-order valence-corrected chi connectivity index (χ4v) is 3.12. The van der Waals surface area contributed by atoms with E-state index in [1.807, 2.05) is 24.3 Å². The molecule has 9 heteroatoms. The van der Waals surface area contributed by atoms with Gasteiger partial charge in [0.1, 0.15) is 5.76 Å². The third-order valence-corrected chi connectivity index (χ3v) is 4.53. The minimum Gasteiger partial charge on any atom is -0.467 e. The largest absolute Gasteiger partial charge is 0.467 e. The fourth-order valence-electron chi connectivity index (χ4n) is 2.15. The summed E-state index contributed by atoms with van der Waals surface area (Å²) in [5.74, 6) is -1.71. The first kappa shape index (κ1) is 17.6. The lowest BCUT2D eigenvalue weighted by Crippen LogP contribution is -2.48. The first-order chi connectivity index (χ1) is 12.6. The summed E-state index contributed by atoms with van der Waals surface area (Å²) in [6.45, 7) is 0.0881. The molecule has 0 atom stereocenters. The van der Waals surface area contributed by atoms with Crippen molar-refractivity contribution in [3.05, 3.63) is 53.4 Å². The number of nitrogens with one attached hydrogen (secondary N) is 3. The number of thiazole rings is 1. The molecule has 0 fully saturated rings. The number of furan rings is 1. The monoisotopic (exact) mass is 372 g/mol. The van der Waals surface area contributed by atoms with Gasteiger partial charge in [-0.3, -0.25) is 25.2 Å². The van der Waals surface area contributed by atoms with Gasteiger partial charge < -0.3 is 9.73 Å². The Morgan fingerprint density at radius 3 is 2.65 bits per heavy atom. The molecule has 3 amide bonds. The van der Waals surface area contributed by atoms with Crippen molar-refractivity contribution in [1.29, 1.82) is 0 Å². The molecule has 0 bridgehead atoms. The molecule has 3 rings (SSSR count). The van der Waals surface area contributed by atoms with Gasteiger partial charge in [0.05, 0.1) is 28.0 Å². The van der Waals surface area contributed by atoms with Gasteiger partial charge in [0.25, 0.3) is 0 Å². The number of amides is 3. The molecule has 26 heavy (non-hydrogen) atoms. The van der Waals surface area contributed by atoms with E-state index in [1.165, 1.54) is 17.6 Å². The maximum Gasteiger partial charge on any atom is 0.327 e. The Bertz CT molecular complexity index is 887. The zero-order valence-electron chi connectivity index (χ0n) is 13.7. The summed E-state index contributed by atoms with van der Waals surface area (Å²) >= 11 is 1.52. The zero-order chi connectivity index (χ0) is 18.4. The van der Waals surface area contributed by atoms with Gasteiger partial charge in [-0.15, -0.1) is 11.3 Å². The number of rotatable bonds is 5. The van der Waals surface area contributed by atoms with Crippen LogP contribution in [0.15, 0.2) is 47.1 Å². The number of hydrazine groups is 1. The normalized spacial score (nSPS) is 10.5. The van der Waals surface area contributed by atoms with Crippen LogP contribution in [0, 0.1) is 0 Å². The van der Waals surface area contributed by atoms with E-state index < -0.39 is 17.7 Å². The molecule has 8 nitrogen and oxygen atoms in total. The molecular formula is C17H16N4O4S. The average Bonchev–Trinajstić information content (AvgIpc) is 3.31. The maximum absolute atomic E-state index is 11.8. The highest BCUT2D eigenvalue weighted by molar-refractivity contribution is 7.18. The molecule has 0 radical (unpaired) electrons. The average molecular weight is 372 g/mol. The van der Waals surface area contributed by atoms with Gasteiger partial charge in [-0.1, -0.05) is 12.1 Å². The van der Waals surface area contributed by atoms with Crippen LogP contribution in [0.25, 0.3) is 10.2 Å². The fraction of sp³-hybridized carbons (Fsp3) is 0.176. The summed E-state index contributed by atoms with van der Waals surface area (Å²) < 4.78 is 6.10. The molecule has 0 aliphatic heterocycles. The van der Waals surface area contributed by atoms with E-state index in [4.69, 9.17) is 4.42 Å². The van der Waals surface area contributed by atoms with Crippen molar-refractivity contribution in [3.63, 3.8) is 0 Å². The lowest BCUT2D eigenvalue weighted by molar-refractivity contribution is -0.141. The van der Waals surface area contributed by atoms with Crippen LogP contribution in [-0.4, -0.2) is 22.7 Å². The smallest absolute Gasteiger partial charge is 0.327 e. The minimum absolute atomic E-state index is 0.0881. The van der Waals surface area contributed by atoms with Crippen LogP contribution in [0.3, 0.4) is 0 Å². The molecule has 3 aromatic rings. The number of hydrogen-bond acceptors (Lipinski definition) is 6. The van der Waals surface area contributed by atoms with Gasteiger partial charge in [-0.05, 0) is 24.3 Å². The minimum atomic E-state index is -0.954. The highest BCUT2D eigenvalue weighted by Crippen LogP contribution is 2.22. The first-order valence-electron chi connectivity index (χ1n) is 7.85. The molecule has 0 aliphatic carbocycles. The summed E-state index contributed by atoms with van der Waals surface area (Å²) in [4.78, 5) is 39.5. The van der Waals surface area contributed by atoms with E-state index in [2.05, 4.69) is 21.2 Å². The molecule has 0 aliphatic rings. The van der Waals surface area contributed by atoms with Gasteiger partial charge >= 0.3 is 11.8 Å². The first-order valence-corrected chi connectivity index (χ1v) is 8.67. The zero-order valence-corrected chi connectivity index (χ0v) is 14.5. The van der Waals surface area contributed by atoms with Gasteiger partial charge in [0.15, 0.2) is 0 Å². The van der Waals surface area contributed by atoms with Crippen molar-refractivity contribution in [1.82, 2.24) is 21.2 Å². The van der Waals surface area contributed by atoms with Crippen molar-refractivity contribution in [3.8, 4) is 0 Å². The molecule has 0 spiro atoms. The van der Waals surface area contributed by atoms with E-state index >= 15 is 0 Å². The van der Waals surface area contributed by atoms with Gasteiger partial charge in [-0.25, -0.2) is 4.98 Å². The van der Waals surface area contributed by atoms with Crippen molar-refractivity contribution in [2.24, 2.45) is 0 Å². The van der Waals surface area contributed by atoms with Crippen LogP contribution < -0.4 is 16.2 Å². The summed E-state index contributed by atoms with van der Waals surface area (Å²) in [6, 6.07) is 11.1. The summed E-state index contributed by atoms with van der Waals surface area (Å²) in [6.07, 6.45) is 2.06. The lowest BCUT2D eigenvalue weighted by atomic mass is 10.3. The second kappa shape index (κ2) is 8.26. The van der Waals surface area contributed by atoms with Crippen molar-refractivity contribution >= 4 is 39.3 Å². The lowest BCUT2D eigenvalue weighted by Gasteiger charge is -2.06. The Labute approximate surface area is 152 Å². The molecule has 134 valence electrons. The molecule has 2 heterocycles. The highest BCUT2D eigenvalue weighted by atomic mass is 32.1. The summed E-state index contributed by atoms with van der Waals surface area (Å²) in [5.41, 5.74) is 5.19. The molecular weight excluding hydrogens is 356 g/mol. The van der Waals surface area contributed by atoms with E-state index in [9.17, 15) is 14.4 Å². The van der Waals surface area contributed by atoms with Crippen molar-refractivity contribution in [2.75, 3.05) is 0 Å². The number of aryl methyl sites for hydroxylation is 1. The number of carbonyl (C=O) groups is 3. The summed E-state index contributed by atoms with van der Waals surface area (Å²) in [7, 11) is 0. The van der Waals surface area contributed by atoms with E-state index in [1.54, 1.807) is 12.1 Å². The van der Waals surface area contributed by atoms with Gasteiger partial charge in [-0.2, -0.15) is 0 Å². The molecule has 0 unspecified atom stereocenters. The predicted molar refractivity (Wildman–Crippen MR) is 94.8 cm³/mol. The molecule has 1 aromatic carbocycles.